The molecule has 0 aliphatic carbocycles. The zero-order chi connectivity index (χ0) is 20.3. The highest BCUT2D eigenvalue weighted by molar-refractivity contribution is 4.76. The summed E-state index contributed by atoms with van der Waals surface area (Å²) in [6, 6.07) is 0. The second-order valence-electron chi connectivity index (χ2n) is 7.99. The fourth-order valence-corrected chi connectivity index (χ4v) is 3.86. The minimum atomic E-state index is 0.894. The van der Waals surface area contributed by atoms with E-state index in [1.54, 1.807) is 0 Å². The Labute approximate surface area is 164 Å². The lowest BCUT2D eigenvalue weighted by molar-refractivity contribution is 0.164. The lowest BCUT2D eigenvalue weighted by Gasteiger charge is -2.33. The van der Waals surface area contributed by atoms with Gasteiger partial charge in [-0.3, -0.25) is 0 Å². The van der Waals surface area contributed by atoms with Crippen LogP contribution >= 0.6 is 0 Å². The van der Waals surface area contributed by atoms with Gasteiger partial charge in [-0.2, -0.15) is 0 Å². The van der Waals surface area contributed by atoms with Crippen LogP contribution in [0.2, 0.25) is 0 Å². The lowest BCUT2D eigenvalue weighted by Crippen LogP contribution is -2.25. The predicted octanol–water partition coefficient (Wildman–Crippen LogP) is 9.77. The average Bonchev–Trinajstić information content (AvgIpc) is 2.63. The van der Waals surface area contributed by atoms with Gasteiger partial charge in [0.05, 0.1) is 0 Å². The first-order chi connectivity index (χ1) is 11.9. The average molecular weight is 357 g/mol. The standard InChI is InChI=1S/C20H42.C3H8.C2H6/c1-8-13-20(15-12-14-16(5)9-2)18(7)17(6)19(10-3)11-4;1-3-2;1-2/h16-20H,8-15H2,1-7H3;3H2,1-2H3;1-2H3. The van der Waals surface area contributed by atoms with Crippen LogP contribution in [-0.4, -0.2) is 0 Å². The van der Waals surface area contributed by atoms with E-state index < -0.39 is 0 Å². The Morgan fingerprint density at radius 1 is 0.560 bits per heavy atom. The molecule has 0 aromatic carbocycles. The Morgan fingerprint density at radius 3 is 1.36 bits per heavy atom. The van der Waals surface area contributed by atoms with Crippen molar-refractivity contribution in [1.82, 2.24) is 0 Å². The van der Waals surface area contributed by atoms with Crippen molar-refractivity contribution in [2.75, 3.05) is 0 Å². The van der Waals surface area contributed by atoms with Crippen molar-refractivity contribution in [3.05, 3.63) is 0 Å². The van der Waals surface area contributed by atoms with E-state index in [2.05, 4.69) is 62.3 Å². The van der Waals surface area contributed by atoms with Crippen LogP contribution in [0.3, 0.4) is 0 Å². The maximum Gasteiger partial charge on any atom is -0.0386 e. The second-order valence-corrected chi connectivity index (χ2v) is 7.99. The Hall–Kier alpha value is 0. The molecule has 0 spiro atoms. The monoisotopic (exact) mass is 356 g/mol. The van der Waals surface area contributed by atoms with Crippen molar-refractivity contribution in [3.8, 4) is 0 Å². The van der Waals surface area contributed by atoms with Gasteiger partial charge in [-0.25, -0.2) is 0 Å². The molecule has 0 N–H and O–H groups in total. The minimum Gasteiger partial charge on any atom is -0.0683 e. The quantitative estimate of drug-likeness (QED) is 0.326. The third-order valence-corrected chi connectivity index (χ3v) is 5.99. The summed E-state index contributed by atoms with van der Waals surface area (Å²) in [4.78, 5) is 0. The summed E-state index contributed by atoms with van der Waals surface area (Å²) in [6.07, 6.45) is 12.4. The van der Waals surface area contributed by atoms with Gasteiger partial charge in [0, 0.05) is 0 Å². The maximum atomic E-state index is 2.53. The normalized spacial score (nSPS) is 15.4. The molecular formula is C25H56. The summed E-state index contributed by atoms with van der Waals surface area (Å²) >= 11 is 0. The molecule has 0 bridgehead atoms. The van der Waals surface area contributed by atoms with E-state index >= 15 is 0 Å². The van der Waals surface area contributed by atoms with Crippen LogP contribution < -0.4 is 0 Å². The van der Waals surface area contributed by atoms with E-state index in [4.69, 9.17) is 0 Å². The molecule has 0 saturated heterocycles. The zero-order valence-corrected chi connectivity index (χ0v) is 20.3. The van der Waals surface area contributed by atoms with Gasteiger partial charge in [0.15, 0.2) is 0 Å². The van der Waals surface area contributed by atoms with E-state index in [1.807, 2.05) is 13.8 Å². The van der Waals surface area contributed by atoms with Crippen LogP contribution in [0.1, 0.15) is 134 Å². The second kappa shape index (κ2) is 22.0. The summed E-state index contributed by atoms with van der Waals surface area (Å²) in [7, 11) is 0. The van der Waals surface area contributed by atoms with Crippen LogP contribution in [0.15, 0.2) is 0 Å². The topological polar surface area (TPSA) is 0 Å². The van der Waals surface area contributed by atoms with Gasteiger partial charge in [0.2, 0.25) is 0 Å². The fraction of sp³-hybridized carbons (Fsp3) is 1.00. The highest BCUT2D eigenvalue weighted by atomic mass is 14.3. The van der Waals surface area contributed by atoms with Gasteiger partial charge in [-0.1, -0.05) is 134 Å². The van der Waals surface area contributed by atoms with Crippen molar-refractivity contribution in [2.24, 2.45) is 29.6 Å². The first-order valence-corrected chi connectivity index (χ1v) is 11.9. The van der Waals surface area contributed by atoms with Crippen molar-refractivity contribution in [2.45, 2.75) is 134 Å². The van der Waals surface area contributed by atoms with E-state index in [9.17, 15) is 0 Å². The van der Waals surface area contributed by atoms with Gasteiger partial charge in [0.25, 0.3) is 0 Å². The summed E-state index contributed by atoms with van der Waals surface area (Å²) in [5, 5.41) is 0. The maximum absolute atomic E-state index is 2.53. The van der Waals surface area contributed by atoms with E-state index in [0.717, 1.165) is 29.6 Å². The van der Waals surface area contributed by atoms with Gasteiger partial charge in [-0.05, 0) is 29.6 Å². The van der Waals surface area contributed by atoms with Gasteiger partial charge in [0.1, 0.15) is 0 Å². The molecule has 0 aromatic heterocycles. The molecule has 0 aromatic rings. The first kappa shape index (κ1) is 29.8. The van der Waals surface area contributed by atoms with Crippen LogP contribution in [0, 0.1) is 29.6 Å². The first-order valence-electron chi connectivity index (χ1n) is 11.9. The summed E-state index contributed by atoms with van der Waals surface area (Å²) in [6.45, 7) is 25.1. The molecule has 0 aliphatic heterocycles. The van der Waals surface area contributed by atoms with Crippen LogP contribution in [0.25, 0.3) is 0 Å². The molecule has 156 valence electrons. The molecule has 0 fully saturated rings. The van der Waals surface area contributed by atoms with Crippen molar-refractivity contribution in [3.63, 3.8) is 0 Å². The number of hydrogen-bond donors (Lipinski definition) is 0. The molecule has 0 heteroatoms. The fourth-order valence-electron chi connectivity index (χ4n) is 3.86. The minimum absolute atomic E-state index is 0.894. The Bertz CT molecular complexity index is 216. The highest BCUT2D eigenvalue weighted by Crippen LogP contribution is 2.35. The van der Waals surface area contributed by atoms with Gasteiger partial charge >= 0.3 is 0 Å². The van der Waals surface area contributed by atoms with E-state index in [-0.39, 0.29) is 0 Å². The van der Waals surface area contributed by atoms with E-state index in [0.29, 0.717) is 0 Å². The molecule has 0 radical (unpaired) electrons. The van der Waals surface area contributed by atoms with Crippen LogP contribution in [-0.2, 0) is 0 Å². The zero-order valence-electron chi connectivity index (χ0n) is 20.3. The van der Waals surface area contributed by atoms with Crippen LogP contribution in [0.4, 0.5) is 0 Å². The molecule has 0 heterocycles. The Morgan fingerprint density at radius 2 is 1.00 bits per heavy atom. The molecule has 0 aliphatic rings. The third kappa shape index (κ3) is 15.9. The van der Waals surface area contributed by atoms with E-state index in [1.165, 1.54) is 57.8 Å². The summed E-state index contributed by atoms with van der Waals surface area (Å²) in [5.41, 5.74) is 0. The molecule has 0 amide bonds. The molecule has 0 rings (SSSR count). The number of hydrogen-bond acceptors (Lipinski definition) is 0. The number of rotatable bonds is 12. The Balaban J connectivity index is -0.000000866. The molecule has 4 atom stereocenters. The largest absolute Gasteiger partial charge is 0.0683 e. The molecule has 25 heavy (non-hydrogen) atoms. The van der Waals surface area contributed by atoms with Crippen molar-refractivity contribution < 1.29 is 0 Å². The lowest BCUT2D eigenvalue weighted by atomic mass is 9.72. The molecule has 0 saturated carbocycles. The van der Waals surface area contributed by atoms with Gasteiger partial charge < -0.3 is 0 Å². The molecule has 4 unspecified atom stereocenters. The third-order valence-electron chi connectivity index (χ3n) is 5.99. The molecular weight excluding hydrogens is 300 g/mol. The smallest absolute Gasteiger partial charge is 0.0386 e. The Kier molecular flexibility index (Phi) is 26.2. The predicted molar refractivity (Wildman–Crippen MR) is 121 cm³/mol. The summed E-state index contributed by atoms with van der Waals surface area (Å²) in [5.74, 6) is 4.60. The summed E-state index contributed by atoms with van der Waals surface area (Å²) < 4.78 is 0. The van der Waals surface area contributed by atoms with Crippen molar-refractivity contribution in [1.29, 1.82) is 0 Å². The van der Waals surface area contributed by atoms with Gasteiger partial charge in [-0.15, -0.1) is 0 Å². The van der Waals surface area contributed by atoms with Crippen LogP contribution in [0.5, 0.6) is 0 Å². The highest BCUT2D eigenvalue weighted by Gasteiger charge is 2.26. The SMILES string of the molecule is CC.CCC.CCCC(CCCC(C)CC)C(C)C(C)C(CC)CC. The van der Waals surface area contributed by atoms with Crippen molar-refractivity contribution >= 4 is 0 Å². The molecule has 0 nitrogen and oxygen atoms in total.